The molecule has 1 aromatic heterocycles. The van der Waals surface area contributed by atoms with Crippen molar-refractivity contribution in [2.75, 3.05) is 30.9 Å². The quantitative estimate of drug-likeness (QED) is 0.868. The third-order valence-electron chi connectivity index (χ3n) is 2.84. The molecule has 2 rings (SSSR count). The normalized spacial score (nSPS) is 10.2. The molecule has 4 nitrogen and oxygen atoms in total. The molecule has 1 aromatic carbocycles. The summed E-state index contributed by atoms with van der Waals surface area (Å²) in [5, 5.41) is 3.25. The largest absolute Gasteiger partial charge is 0.439 e. The number of rotatable bonds is 6. The van der Waals surface area contributed by atoms with Gasteiger partial charge in [-0.1, -0.05) is 19.1 Å². The lowest BCUT2D eigenvalue weighted by atomic mass is 10.3. The van der Waals surface area contributed by atoms with E-state index in [4.69, 9.17) is 4.74 Å². The van der Waals surface area contributed by atoms with Crippen molar-refractivity contribution in [2.45, 2.75) is 13.3 Å². The lowest BCUT2D eigenvalue weighted by Gasteiger charge is -2.14. The predicted octanol–water partition coefficient (Wildman–Crippen LogP) is 3.76. The molecule has 0 fully saturated rings. The predicted molar refractivity (Wildman–Crippen MR) is 83.9 cm³/mol. The Morgan fingerprint density at radius 2 is 1.95 bits per heavy atom. The highest BCUT2D eigenvalue weighted by Crippen LogP contribution is 2.24. The Morgan fingerprint density at radius 3 is 2.70 bits per heavy atom. The average molecular weight is 271 g/mol. The Labute approximate surface area is 120 Å². The minimum Gasteiger partial charge on any atom is -0.439 e. The third kappa shape index (κ3) is 3.88. The lowest BCUT2D eigenvalue weighted by molar-refractivity contribution is 0.463. The summed E-state index contributed by atoms with van der Waals surface area (Å²) in [6.07, 6.45) is 1.07. The molecule has 0 bridgehead atoms. The molecule has 2 aromatic rings. The molecule has 0 saturated carbocycles. The van der Waals surface area contributed by atoms with Crippen LogP contribution in [0.2, 0.25) is 0 Å². The Bertz CT molecular complexity index is 555. The molecule has 0 aliphatic rings. The van der Waals surface area contributed by atoms with E-state index in [-0.39, 0.29) is 0 Å². The van der Waals surface area contributed by atoms with E-state index in [9.17, 15) is 0 Å². The first-order valence-electron chi connectivity index (χ1n) is 6.85. The minimum absolute atomic E-state index is 0.599. The van der Waals surface area contributed by atoms with Crippen LogP contribution in [-0.4, -0.2) is 25.6 Å². The van der Waals surface area contributed by atoms with Crippen molar-refractivity contribution >= 4 is 11.5 Å². The van der Waals surface area contributed by atoms with Crippen LogP contribution in [0.25, 0.3) is 0 Å². The van der Waals surface area contributed by atoms with E-state index < -0.39 is 0 Å². The van der Waals surface area contributed by atoms with Gasteiger partial charge in [-0.2, -0.15) is 4.98 Å². The van der Waals surface area contributed by atoms with Crippen LogP contribution in [0.3, 0.4) is 0 Å². The molecule has 0 radical (unpaired) electrons. The monoisotopic (exact) mass is 271 g/mol. The van der Waals surface area contributed by atoms with Gasteiger partial charge < -0.3 is 15.0 Å². The highest BCUT2D eigenvalue weighted by Gasteiger charge is 2.02. The minimum atomic E-state index is 0.599. The number of hydrogen-bond acceptors (Lipinski definition) is 4. The number of aromatic nitrogens is 1. The fourth-order valence-electron chi connectivity index (χ4n) is 1.77. The van der Waals surface area contributed by atoms with Crippen LogP contribution in [0.1, 0.15) is 13.3 Å². The standard InChI is InChI=1S/C16H21N3O/c1-4-11-17-15-9-6-10-16(18-15)20-14-8-5-7-13(12-14)19(2)3/h5-10,12H,4,11H2,1-3H3,(H,17,18). The van der Waals surface area contributed by atoms with E-state index in [0.29, 0.717) is 5.88 Å². The average Bonchev–Trinajstić information content (AvgIpc) is 2.46. The Balaban J connectivity index is 2.11. The first-order chi connectivity index (χ1) is 9.69. The molecule has 0 unspecified atom stereocenters. The molecule has 4 heteroatoms. The van der Waals surface area contributed by atoms with Gasteiger partial charge >= 0.3 is 0 Å². The Hall–Kier alpha value is -2.23. The Kier molecular flexibility index (Phi) is 4.82. The van der Waals surface area contributed by atoms with Crippen molar-refractivity contribution < 1.29 is 4.74 Å². The van der Waals surface area contributed by atoms with Gasteiger partial charge in [-0.05, 0) is 24.6 Å². The summed E-state index contributed by atoms with van der Waals surface area (Å²) >= 11 is 0. The van der Waals surface area contributed by atoms with E-state index in [1.807, 2.05) is 61.5 Å². The highest BCUT2D eigenvalue weighted by molar-refractivity contribution is 5.50. The summed E-state index contributed by atoms with van der Waals surface area (Å²) < 4.78 is 5.81. The van der Waals surface area contributed by atoms with Gasteiger partial charge in [0.1, 0.15) is 11.6 Å². The summed E-state index contributed by atoms with van der Waals surface area (Å²) in [4.78, 5) is 6.47. The zero-order chi connectivity index (χ0) is 14.4. The van der Waals surface area contributed by atoms with Gasteiger partial charge in [-0.15, -0.1) is 0 Å². The van der Waals surface area contributed by atoms with E-state index in [1.54, 1.807) is 0 Å². The van der Waals surface area contributed by atoms with E-state index in [2.05, 4.69) is 17.2 Å². The van der Waals surface area contributed by atoms with Crippen LogP contribution in [0.4, 0.5) is 11.5 Å². The van der Waals surface area contributed by atoms with Gasteiger partial charge in [0.05, 0.1) is 0 Å². The highest BCUT2D eigenvalue weighted by atomic mass is 16.5. The van der Waals surface area contributed by atoms with Crippen LogP contribution < -0.4 is 15.0 Å². The molecule has 0 atom stereocenters. The van der Waals surface area contributed by atoms with Crippen LogP contribution in [0.15, 0.2) is 42.5 Å². The zero-order valence-electron chi connectivity index (χ0n) is 12.3. The van der Waals surface area contributed by atoms with Gasteiger partial charge in [0.25, 0.3) is 0 Å². The van der Waals surface area contributed by atoms with Gasteiger partial charge in [0.2, 0.25) is 5.88 Å². The maximum absolute atomic E-state index is 5.81. The van der Waals surface area contributed by atoms with Crippen molar-refractivity contribution in [3.05, 3.63) is 42.5 Å². The van der Waals surface area contributed by atoms with Crippen molar-refractivity contribution in [1.29, 1.82) is 0 Å². The second kappa shape index (κ2) is 6.80. The lowest BCUT2D eigenvalue weighted by Crippen LogP contribution is -2.08. The van der Waals surface area contributed by atoms with Crippen molar-refractivity contribution in [3.63, 3.8) is 0 Å². The summed E-state index contributed by atoms with van der Waals surface area (Å²) in [6.45, 7) is 3.03. The first-order valence-corrected chi connectivity index (χ1v) is 6.85. The summed E-state index contributed by atoms with van der Waals surface area (Å²) in [5.74, 6) is 2.23. The SMILES string of the molecule is CCCNc1cccc(Oc2cccc(N(C)C)c2)n1. The van der Waals surface area contributed by atoms with E-state index >= 15 is 0 Å². The smallest absolute Gasteiger partial charge is 0.221 e. The van der Waals surface area contributed by atoms with Crippen LogP contribution >= 0.6 is 0 Å². The molecule has 0 aliphatic carbocycles. The zero-order valence-corrected chi connectivity index (χ0v) is 12.3. The first kappa shape index (κ1) is 14.2. The number of nitrogens with one attached hydrogen (secondary N) is 1. The summed E-state index contributed by atoms with van der Waals surface area (Å²) in [6, 6.07) is 13.7. The third-order valence-corrected chi connectivity index (χ3v) is 2.84. The molecule has 0 saturated heterocycles. The van der Waals surface area contributed by atoms with Gasteiger partial charge in [0.15, 0.2) is 0 Å². The molecule has 1 N–H and O–H groups in total. The Morgan fingerprint density at radius 1 is 1.15 bits per heavy atom. The fourth-order valence-corrected chi connectivity index (χ4v) is 1.77. The number of ether oxygens (including phenoxy) is 1. The second-order valence-electron chi connectivity index (χ2n) is 4.78. The van der Waals surface area contributed by atoms with Crippen molar-refractivity contribution in [2.24, 2.45) is 0 Å². The molecule has 0 amide bonds. The topological polar surface area (TPSA) is 37.4 Å². The maximum Gasteiger partial charge on any atom is 0.221 e. The number of nitrogens with zero attached hydrogens (tertiary/aromatic N) is 2. The summed E-state index contributed by atoms with van der Waals surface area (Å²) in [7, 11) is 4.01. The molecule has 20 heavy (non-hydrogen) atoms. The van der Waals surface area contributed by atoms with Crippen LogP contribution in [0, 0.1) is 0 Å². The van der Waals surface area contributed by atoms with E-state index in [0.717, 1.165) is 30.2 Å². The molecule has 1 heterocycles. The maximum atomic E-state index is 5.81. The molecule has 0 aliphatic heterocycles. The van der Waals surface area contributed by atoms with Crippen LogP contribution in [0.5, 0.6) is 11.6 Å². The second-order valence-corrected chi connectivity index (χ2v) is 4.78. The van der Waals surface area contributed by atoms with E-state index in [1.165, 1.54) is 0 Å². The molecular weight excluding hydrogens is 250 g/mol. The van der Waals surface area contributed by atoms with Gasteiger partial charge in [-0.25, -0.2) is 0 Å². The number of anilines is 2. The number of pyridine rings is 1. The number of benzene rings is 1. The van der Waals surface area contributed by atoms with Gasteiger partial charge in [0, 0.05) is 38.5 Å². The number of hydrogen-bond donors (Lipinski definition) is 1. The van der Waals surface area contributed by atoms with Crippen LogP contribution in [-0.2, 0) is 0 Å². The van der Waals surface area contributed by atoms with Gasteiger partial charge in [-0.3, -0.25) is 0 Å². The van der Waals surface area contributed by atoms with Crippen molar-refractivity contribution in [3.8, 4) is 11.6 Å². The molecular formula is C16H21N3O. The van der Waals surface area contributed by atoms with Crippen molar-refractivity contribution in [1.82, 2.24) is 4.98 Å². The fraction of sp³-hybridized carbons (Fsp3) is 0.312. The molecule has 0 spiro atoms. The molecule has 106 valence electrons. The summed E-state index contributed by atoms with van der Waals surface area (Å²) in [5.41, 5.74) is 1.10.